The molecule has 0 amide bonds. The van der Waals surface area contributed by atoms with Gasteiger partial charge in [-0.3, -0.25) is 0 Å². The average Bonchev–Trinajstić information content (AvgIpc) is 2.38. The minimum Gasteiger partial charge on any atom is -0.394 e. The molecule has 1 aliphatic heterocycles. The van der Waals surface area contributed by atoms with E-state index in [0.29, 0.717) is 28.7 Å². The van der Waals surface area contributed by atoms with E-state index >= 15 is 0 Å². The van der Waals surface area contributed by atoms with Crippen molar-refractivity contribution in [2.75, 3.05) is 31.2 Å². The molecule has 1 atom stereocenters. The summed E-state index contributed by atoms with van der Waals surface area (Å²) in [7, 11) is 0. The van der Waals surface area contributed by atoms with Gasteiger partial charge in [0.15, 0.2) is 0 Å². The number of halogens is 1. The molecule has 1 saturated heterocycles. The monoisotopic (exact) mass is 286 g/mol. The van der Waals surface area contributed by atoms with Gasteiger partial charge in [0.2, 0.25) is 0 Å². The molecule has 3 N–H and O–H groups in total. The van der Waals surface area contributed by atoms with Crippen molar-refractivity contribution in [3.8, 4) is 0 Å². The summed E-state index contributed by atoms with van der Waals surface area (Å²) in [5, 5.41) is 9.66. The van der Waals surface area contributed by atoms with Crippen molar-refractivity contribution in [2.45, 2.75) is 6.10 Å². The fraction of sp³-hybridized carbons (Fsp3) is 0.417. The molecule has 4 nitrogen and oxygen atoms in total. The molecule has 0 spiro atoms. The Labute approximate surface area is 116 Å². The van der Waals surface area contributed by atoms with Crippen LogP contribution in [0.1, 0.15) is 5.56 Å². The number of morpholine rings is 1. The normalized spacial score (nSPS) is 19.9. The molecule has 6 heteroatoms. The van der Waals surface area contributed by atoms with Crippen molar-refractivity contribution in [1.82, 2.24) is 0 Å². The summed E-state index contributed by atoms with van der Waals surface area (Å²) in [6, 6.07) is 5.60. The Kier molecular flexibility index (Phi) is 4.40. The van der Waals surface area contributed by atoms with Crippen LogP contribution >= 0.6 is 23.8 Å². The maximum Gasteiger partial charge on any atom is 0.105 e. The first-order valence-electron chi connectivity index (χ1n) is 5.68. The van der Waals surface area contributed by atoms with Crippen LogP contribution < -0.4 is 10.6 Å². The Bertz CT molecular complexity index is 456. The third-order valence-corrected chi connectivity index (χ3v) is 3.46. The quantitative estimate of drug-likeness (QED) is 0.817. The number of aliphatic hydroxyl groups is 1. The van der Waals surface area contributed by atoms with E-state index < -0.39 is 0 Å². The predicted molar refractivity (Wildman–Crippen MR) is 76.4 cm³/mol. The number of thiocarbonyl (C=S) groups is 1. The van der Waals surface area contributed by atoms with Crippen LogP contribution in [0.4, 0.5) is 5.69 Å². The van der Waals surface area contributed by atoms with Gasteiger partial charge < -0.3 is 20.5 Å². The lowest BCUT2D eigenvalue weighted by Crippen LogP contribution is -2.44. The maximum atomic E-state index is 9.12. The highest BCUT2D eigenvalue weighted by Gasteiger charge is 2.20. The van der Waals surface area contributed by atoms with Crippen molar-refractivity contribution in [2.24, 2.45) is 5.73 Å². The SMILES string of the molecule is NC(=S)c1ccc(N2CCOC(CO)C2)cc1Cl. The maximum absolute atomic E-state index is 9.12. The van der Waals surface area contributed by atoms with Gasteiger partial charge in [-0.05, 0) is 18.2 Å². The number of rotatable bonds is 3. The third-order valence-electron chi connectivity index (χ3n) is 2.93. The van der Waals surface area contributed by atoms with Crippen LogP contribution in [0.15, 0.2) is 18.2 Å². The molecule has 0 radical (unpaired) electrons. The molecular formula is C12H15ClN2O2S. The van der Waals surface area contributed by atoms with Gasteiger partial charge in [-0.2, -0.15) is 0 Å². The molecule has 1 unspecified atom stereocenters. The summed E-state index contributed by atoms with van der Waals surface area (Å²) in [5.41, 5.74) is 7.24. The van der Waals surface area contributed by atoms with Crippen molar-refractivity contribution in [1.29, 1.82) is 0 Å². The van der Waals surface area contributed by atoms with Crippen molar-refractivity contribution in [3.63, 3.8) is 0 Å². The van der Waals surface area contributed by atoms with Crippen molar-refractivity contribution >= 4 is 34.5 Å². The number of anilines is 1. The zero-order valence-electron chi connectivity index (χ0n) is 9.80. The van der Waals surface area contributed by atoms with Gasteiger partial charge in [-0.1, -0.05) is 23.8 Å². The first-order chi connectivity index (χ1) is 8.61. The van der Waals surface area contributed by atoms with E-state index in [1.54, 1.807) is 0 Å². The first kappa shape index (κ1) is 13.5. The number of aliphatic hydroxyl groups excluding tert-OH is 1. The van der Waals surface area contributed by atoms with Crippen LogP contribution in [0, 0.1) is 0 Å². The average molecular weight is 287 g/mol. The molecule has 0 bridgehead atoms. The van der Waals surface area contributed by atoms with E-state index in [1.165, 1.54) is 0 Å². The summed E-state index contributed by atoms with van der Waals surface area (Å²) >= 11 is 11.1. The van der Waals surface area contributed by atoms with Gasteiger partial charge in [-0.15, -0.1) is 0 Å². The van der Waals surface area contributed by atoms with Crippen LogP contribution in [0.2, 0.25) is 5.02 Å². The number of nitrogens with two attached hydrogens (primary N) is 1. The fourth-order valence-corrected chi connectivity index (χ4v) is 2.48. The van der Waals surface area contributed by atoms with E-state index in [0.717, 1.165) is 12.2 Å². The molecule has 1 aromatic rings. The Hall–Kier alpha value is -0.880. The molecule has 18 heavy (non-hydrogen) atoms. The second kappa shape index (κ2) is 5.84. The fourth-order valence-electron chi connectivity index (χ4n) is 1.96. The zero-order chi connectivity index (χ0) is 13.1. The molecular weight excluding hydrogens is 272 g/mol. The molecule has 1 aromatic carbocycles. The molecule has 0 saturated carbocycles. The van der Waals surface area contributed by atoms with E-state index in [-0.39, 0.29) is 12.7 Å². The Morgan fingerprint density at radius 2 is 2.39 bits per heavy atom. The Morgan fingerprint density at radius 1 is 1.61 bits per heavy atom. The minimum absolute atomic E-state index is 0.0230. The largest absolute Gasteiger partial charge is 0.394 e. The first-order valence-corrected chi connectivity index (χ1v) is 6.47. The summed E-state index contributed by atoms with van der Waals surface area (Å²) in [4.78, 5) is 2.42. The van der Waals surface area contributed by atoms with E-state index in [4.69, 9.17) is 39.4 Å². The summed E-state index contributed by atoms with van der Waals surface area (Å²) in [5.74, 6) is 0. The highest BCUT2D eigenvalue weighted by molar-refractivity contribution is 7.80. The number of hydrogen-bond donors (Lipinski definition) is 2. The van der Waals surface area contributed by atoms with Gasteiger partial charge in [0, 0.05) is 24.3 Å². The Balaban J connectivity index is 2.18. The lowest BCUT2D eigenvalue weighted by molar-refractivity contribution is 0.00357. The lowest BCUT2D eigenvalue weighted by Gasteiger charge is -2.33. The third kappa shape index (κ3) is 2.92. The summed E-state index contributed by atoms with van der Waals surface area (Å²) < 4.78 is 5.41. The van der Waals surface area contributed by atoms with Crippen LogP contribution in [-0.4, -0.2) is 42.5 Å². The van der Waals surface area contributed by atoms with Crippen LogP contribution in [0.3, 0.4) is 0 Å². The molecule has 1 fully saturated rings. The lowest BCUT2D eigenvalue weighted by atomic mass is 10.1. The second-order valence-electron chi connectivity index (χ2n) is 4.15. The van der Waals surface area contributed by atoms with Gasteiger partial charge in [-0.25, -0.2) is 0 Å². The second-order valence-corrected chi connectivity index (χ2v) is 5.00. The number of hydrogen-bond acceptors (Lipinski definition) is 4. The number of benzene rings is 1. The molecule has 1 aliphatic rings. The zero-order valence-corrected chi connectivity index (χ0v) is 11.4. The highest BCUT2D eigenvalue weighted by atomic mass is 35.5. The highest BCUT2D eigenvalue weighted by Crippen LogP contribution is 2.25. The van der Waals surface area contributed by atoms with E-state index in [1.807, 2.05) is 18.2 Å². The van der Waals surface area contributed by atoms with Gasteiger partial charge in [0.25, 0.3) is 0 Å². The number of nitrogens with zero attached hydrogens (tertiary/aromatic N) is 1. The topological polar surface area (TPSA) is 58.7 Å². The smallest absolute Gasteiger partial charge is 0.105 e. The summed E-state index contributed by atoms with van der Waals surface area (Å²) in [6.07, 6.45) is -0.146. The minimum atomic E-state index is -0.146. The van der Waals surface area contributed by atoms with Gasteiger partial charge in [0.05, 0.1) is 24.3 Å². The van der Waals surface area contributed by atoms with Crippen molar-refractivity contribution < 1.29 is 9.84 Å². The van der Waals surface area contributed by atoms with E-state index in [9.17, 15) is 0 Å². The molecule has 2 rings (SSSR count). The van der Waals surface area contributed by atoms with Crippen molar-refractivity contribution in [3.05, 3.63) is 28.8 Å². The predicted octanol–water partition coefficient (Wildman–Crippen LogP) is 1.17. The van der Waals surface area contributed by atoms with Crippen LogP contribution in [0.25, 0.3) is 0 Å². The molecule has 0 aromatic heterocycles. The van der Waals surface area contributed by atoms with E-state index in [2.05, 4.69) is 4.90 Å². The molecule has 1 heterocycles. The van der Waals surface area contributed by atoms with Gasteiger partial charge in [0.1, 0.15) is 4.99 Å². The number of ether oxygens (including phenoxy) is 1. The standard InChI is InChI=1S/C12H15ClN2O2S/c13-11-5-8(1-2-10(11)12(14)18)15-3-4-17-9(6-15)7-16/h1-2,5,9,16H,3-4,6-7H2,(H2,14,18). The van der Waals surface area contributed by atoms with Crippen LogP contribution in [-0.2, 0) is 4.74 Å². The van der Waals surface area contributed by atoms with Crippen LogP contribution in [0.5, 0.6) is 0 Å². The van der Waals surface area contributed by atoms with Gasteiger partial charge >= 0.3 is 0 Å². The Morgan fingerprint density at radius 3 is 3.00 bits per heavy atom. The molecule has 98 valence electrons. The summed E-state index contributed by atoms with van der Waals surface area (Å²) in [6.45, 7) is 2.05. The molecule has 0 aliphatic carbocycles.